The van der Waals surface area contributed by atoms with Crippen molar-refractivity contribution in [2.75, 3.05) is 41.4 Å². The topological polar surface area (TPSA) is 108 Å². The fourth-order valence-electron chi connectivity index (χ4n) is 3.82. The SMILES string of the molecule is CC(C)CC1Nc2ncnc(N3CCOCC3)c2N(Cc2ccc(Br)cc2)C1=O.O=C(O)C(F)(F)F. The predicted molar refractivity (Wildman–Crippen MR) is 131 cm³/mol. The Morgan fingerprint density at radius 3 is 2.39 bits per heavy atom. The first-order valence-corrected chi connectivity index (χ1v) is 12.1. The van der Waals surface area contributed by atoms with Crippen LogP contribution in [0.5, 0.6) is 0 Å². The number of carboxylic acids is 1. The van der Waals surface area contributed by atoms with Gasteiger partial charge in [0.25, 0.3) is 0 Å². The lowest BCUT2D eigenvalue weighted by molar-refractivity contribution is -0.192. The van der Waals surface area contributed by atoms with Crippen molar-refractivity contribution in [1.29, 1.82) is 0 Å². The molecule has 13 heteroatoms. The molecule has 1 atom stereocenters. The van der Waals surface area contributed by atoms with E-state index >= 15 is 0 Å². The molecule has 0 aliphatic carbocycles. The highest BCUT2D eigenvalue weighted by molar-refractivity contribution is 9.10. The Morgan fingerprint density at radius 2 is 1.83 bits per heavy atom. The van der Waals surface area contributed by atoms with Crippen molar-refractivity contribution in [1.82, 2.24) is 9.97 Å². The van der Waals surface area contributed by atoms with Gasteiger partial charge in [-0.05, 0) is 30.0 Å². The lowest BCUT2D eigenvalue weighted by Crippen LogP contribution is -2.49. The number of nitrogens with zero attached hydrogens (tertiary/aromatic N) is 4. The van der Waals surface area contributed by atoms with Gasteiger partial charge in [-0.2, -0.15) is 13.2 Å². The molecule has 1 amide bonds. The molecule has 2 aliphatic rings. The van der Waals surface area contributed by atoms with Crippen LogP contribution in [0.3, 0.4) is 0 Å². The number of aliphatic carboxylic acids is 1. The number of carboxylic acid groups (broad SMARTS) is 1. The largest absolute Gasteiger partial charge is 0.490 e. The van der Waals surface area contributed by atoms with E-state index in [9.17, 15) is 18.0 Å². The third kappa shape index (κ3) is 7.06. The molecule has 1 aromatic heterocycles. The predicted octanol–water partition coefficient (Wildman–Crippen LogP) is 4.08. The first kappa shape index (κ1) is 27.7. The maximum atomic E-state index is 13.5. The molecule has 196 valence electrons. The van der Waals surface area contributed by atoms with Gasteiger partial charge >= 0.3 is 12.1 Å². The molecule has 0 bridgehead atoms. The van der Waals surface area contributed by atoms with Crippen molar-refractivity contribution in [2.24, 2.45) is 5.92 Å². The van der Waals surface area contributed by atoms with E-state index in [-0.39, 0.29) is 11.9 Å². The molecule has 4 rings (SSSR count). The molecule has 3 heterocycles. The van der Waals surface area contributed by atoms with E-state index in [1.165, 1.54) is 0 Å². The number of alkyl halides is 3. The number of anilines is 3. The fraction of sp³-hybridized carbons (Fsp3) is 0.478. The molecule has 0 saturated carbocycles. The minimum absolute atomic E-state index is 0.0680. The van der Waals surface area contributed by atoms with Crippen LogP contribution in [0.15, 0.2) is 35.1 Å². The summed E-state index contributed by atoms with van der Waals surface area (Å²) in [6.07, 6.45) is -2.75. The molecule has 1 saturated heterocycles. The number of hydrogen-bond donors (Lipinski definition) is 2. The molecule has 1 fully saturated rings. The van der Waals surface area contributed by atoms with Gasteiger partial charge in [0.15, 0.2) is 11.6 Å². The van der Waals surface area contributed by atoms with Gasteiger partial charge in [-0.25, -0.2) is 14.8 Å². The Bertz CT molecular complexity index is 1060. The summed E-state index contributed by atoms with van der Waals surface area (Å²) >= 11 is 3.48. The normalized spacial score (nSPS) is 17.8. The number of carbonyl (C=O) groups is 2. The van der Waals surface area contributed by atoms with Gasteiger partial charge in [0, 0.05) is 17.6 Å². The van der Waals surface area contributed by atoms with E-state index in [1.54, 1.807) is 6.33 Å². The van der Waals surface area contributed by atoms with E-state index in [1.807, 2.05) is 29.2 Å². The number of halogens is 4. The van der Waals surface area contributed by atoms with Crippen molar-refractivity contribution in [3.8, 4) is 0 Å². The quantitative estimate of drug-likeness (QED) is 0.551. The van der Waals surface area contributed by atoms with Crippen LogP contribution >= 0.6 is 15.9 Å². The van der Waals surface area contributed by atoms with Gasteiger partial charge in [-0.15, -0.1) is 0 Å². The number of ether oxygens (including phenoxy) is 1. The summed E-state index contributed by atoms with van der Waals surface area (Å²) in [4.78, 5) is 35.5. The smallest absolute Gasteiger partial charge is 0.475 e. The van der Waals surface area contributed by atoms with Crippen LogP contribution in [0.1, 0.15) is 25.8 Å². The number of nitrogens with one attached hydrogen (secondary N) is 1. The van der Waals surface area contributed by atoms with Crippen LogP contribution in [0.2, 0.25) is 0 Å². The Hall–Kier alpha value is -2.93. The van der Waals surface area contributed by atoms with Crippen LogP contribution in [-0.4, -0.2) is 65.5 Å². The molecular formula is C23H27BrF3N5O4. The summed E-state index contributed by atoms with van der Waals surface area (Å²) in [5, 5.41) is 10.5. The summed E-state index contributed by atoms with van der Waals surface area (Å²) in [5.74, 6) is -0.776. The van der Waals surface area contributed by atoms with Gasteiger partial charge in [0.2, 0.25) is 5.91 Å². The Balaban J connectivity index is 0.000000454. The van der Waals surface area contributed by atoms with Gasteiger partial charge in [-0.1, -0.05) is 41.9 Å². The zero-order valence-corrected chi connectivity index (χ0v) is 21.3. The number of carbonyl (C=O) groups excluding carboxylic acids is 1. The average Bonchev–Trinajstić information content (AvgIpc) is 2.82. The molecule has 2 aliphatic heterocycles. The Kier molecular flexibility index (Phi) is 9.12. The summed E-state index contributed by atoms with van der Waals surface area (Å²) in [5.41, 5.74) is 1.83. The molecule has 1 unspecified atom stereocenters. The van der Waals surface area contributed by atoms with E-state index in [4.69, 9.17) is 14.6 Å². The van der Waals surface area contributed by atoms with E-state index in [0.717, 1.165) is 46.9 Å². The van der Waals surface area contributed by atoms with Crippen LogP contribution in [0.25, 0.3) is 0 Å². The Labute approximate surface area is 214 Å². The van der Waals surface area contributed by atoms with Crippen LogP contribution in [0.4, 0.5) is 30.5 Å². The summed E-state index contributed by atoms with van der Waals surface area (Å²) in [6, 6.07) is 7.78. The number of rotatable bonds is 5. The van der Waals surface area contributed by atoms with Crippen molar-refractivity contribution in [2.45, 2.75) is 39.0 Å². The number of aromatic nitrogens is 2. The highest BCUT2D eigenvalue weighted by Crippen LogP contribution is 2.39. The average molecular weight is 574 g/mol. The number of amides is 1. The second-order valence-corrected chi connectivity index (χ2v) is 9.59. The lowest BCUT2D eigenvalue weighted by Gasteiger charge is -2.38. The minimum atomic E-state index is -5.08. The van der Waals surface area contributed by atoms with Crippen molar-refractivity contribution < 1.29 is 32.6 Å². The van der Waals surface area contributed by atoms with Gasteiger partial charge in [-0.3, -0.25) is 9.69 Å². The summed E-state index contributed by atoms with van der Waals surface area (Å²) < 4.78 is 38.2. The molecule has 36 heavy (non-hydrogen) atoms. The second kappa shape index (κ2) is 11.9. The zero-order valence-electron chi connectivity index (χ0n) is 19.8. The van der Waals surface area contributed by atoms with E-state index in [0.29, 0.717) is 25.7 Å². The second-order valence-electron chi connectivity index (χ2n) is 8.67. The maximum absolute atomic E-state index is 13.5. The highest BCUT2D eigenvalue weighted by atomic mass is 79.9. The summed E-state index contributed by atoms with van der Waals surface area (Å²) in [7, 11) is 0. The van der Waals surface area contributed by atoms with Gasteiger partial charge < -0.3 is 20.1 Å². The monoisotopic (exact) mass is 573 g/mol. The Morgan fingerprint density at radius 1 is 1.22 bits per heavy atom. The zero-order chi connectivity index (χ0) is 26.5. The third-order valence-electron chi connectivity index (χ3n) is 5.46. The first-order valence-electron chi connectivity index (χ1n) is 11.3. The van der Waals surface area contributed by atoms with Gasteiger partial charge in [0.05, 0.1) is 19.8 Å². The molecule has 0 radical (unpaired) electrons. The van der Waals surface area contributed by atoms with Crippen LogP contribution in [-0.2, 0) is 20.9 Å². The standard InChI is InChI=1S/C21H26BrN5O2.C2HF3O2/c1-14(2)11-17-21(28)27(12-15-3-5-16(22)6-4-15)18-19(25-17)23-13-24-20(18)26-7-9-29-10-8-26;3-2(4,5)1(6)7/h3-6,13-14,17H,7-12H2,1-2H3,(H,23,24,25);(H,6,7). The fourth-order valence-corrected chi connectivity index (χ4v) is 4.08. The summed E-state index contributed by atoms with van der Waals surface area (Å²) in [6.45, 7) is 7.55. The number of fused-ring (bicyclic) bond motifs is 1. The van der Waals surface area contributed by atoms with Gasteiger partial charge in [0.1, 0.15) is 18.1 Å². The number of benzene rings is 1. The van der Waals surface area contributed by atoms with Crippen molar-refractivity contribution in [3.05, 3.63) is 40.6 Å². The van der Waals surface area contributed by atoms with E-state index in [2.05, 4.69) is 50.0 Å². The number of hydrogen-bond acceptors (Lipinski definition) is 7. The molecular weight excluding hydrogens is 547 g/mol. The van der Waals surface area contributed by atoms with Crippen molar-refractivity contribution >= 4 is 45.1 Å². The lowest BCUT2D eigenvalue weighted by atomic mass is 10.00. The molecule has 2 N–H and O–H groups in total. The molecule has 0 spiro atoms. The molecule has 1 aromatic carbocycles. The highest BCUT2D eigenvalue weighted by Gasteiger charge is 2.38. The maximum Gasteiger partial charge on any atom is 0.490 e. The van der Waals surface area contributed by atoms with E-state index < -0.39 is 12.1 Å². The molecule has 9 nitrogen and oxygen atoms in total. The third-order valence-corrected chi connectivity index (χ3v) is 5.99. The molecule has 2 aromatic rings. The minimum Gasteiger partial charge on any atom is -0.475 e. The number of morpholine rings is 1. The first-order chi connectivity index (χ1) is 17.0. The van der Waals surface area contributed by atoms with Crippen LogP contribution in [0, 0.1) is 5.92 Å². The van der Waals surface area contributed by atoms with Crippen molar-refractivity contribution in [3.63, 3.8) is 0 Å². The van der Waals surface area contributed by atoms with Crippen LogP contribution < -0.4 is 15.1 Å².